The van der Waals surface area contributed by atoms with Gasteiger partial charge in [0, 0.05) is 24.9 Å². The van der Waals surface area contributed by atoms with Gasteiger partial charge in [0.05, 0.1) is 0 Å². The number of hydrogen-bond acceptors (Lipinski definition) is 5. The molecule has 0 aromatic carbocycles. The number of nitrogen functional groups attached to an aromatic ring is 1. The lowest BCUT2D eigenvalue weighted by Gasteiger charge is -2.37. The van der Waals surface area contributed by atoms with E-state index in [-0.39, 0.29) is 5.60 Å². The molecule has 1 aromatic rings. The standard InChI is InChI=1S/C14H24N4O/c1-3-19-14(6-4-10(2)5-7-14)13-17-9-11(8-15)12(16)18-13/h9-10H,3-8,15H2,1-2H3,(H2,16,17,18). The van der Waals surface area contributed by atoms with Crippen LogP contribution in [0.5, 0.6) is 0 Å². The van der Waals surface area contributed by atoms with Gasteiger partial charge in [-0.3, -0.25) is 0 Å². The van der Waals surface area contributed by atoms with Gasteiger partial charge < -0.3 is 16.2 Å². The molecule has 19 heavy (non-hydrogen) atoms. The Hall–Kier alpha value is -1.20. The second-order valence-electron chi connectivity index (χ2n) is 5.42. The van der Waals surface area contributed by atoms with Gasteiger partial charge in [0.25, 0.3) is 0 Å². The number of ether oxygens (including phenoxy) is 1. The summed E-state index contributed by atoms with van der Waals surface area (Å²) in [6.07, 6.45) is 5.94. The normalized spacial score (nSPS) is 27.4. The second kappa shape index (κ2) is 5.84. The average Bonchev–Trinajstić information content (AvgIpc) is 2.42. The Bertz CT molecular complexity index is 427. The first kappa shape index (κ1) is 14.2. The lowest BCUT2D eigenvalue weighted by Crippen LogP contribution is -2.36. The summed E-state index contributed by atoms with van der Waals surface area (Å²) in [6.45, 7) is 5.32. The van der Waals surface area contributed by atoms with Crippen molar-refractivity contribution in [2.24, 2.45) is 11.7 Å². The fourth-order valence-corrected chi connectivity index (χ4v) is 2.73. The van der Waals surface area contributed by atoms with Crippen molar-refractivity contribution >= 4 is 5.82 Å². The molecule has 0 bridgehead atoms. The molecule has 0 amide bonds. The summed E-state index contributed by atoms with van der Waals surface area (Å²) in [4.78, 5) is 8.90. The highest BCUT2D eigenvalue weighted by atomic mass is 16.5. The van der Waals surface area contributed by atoms with Crippen LogP contribution in [0.25, 0.3) is 0 Å². The van der Waals surface area contributed by atoms with Gasteiger partial charge in [0.15, 0.2) is 5.82 Å². The summed E-state index contributed by atoms with van der Waals surface area (Å²) in [5.74, 6) is 1.94. The fraction of sp³-hybridized carbons (Fsp3) is 0.714. The SMILES string of the molecule is CCOC1(c2ncc(CN)c(N)n2)CCC(C)CC1. The van der Waals surface area contributed by atoms with Gasteiger partial charge in [-0.15, -0.1) is 0 Å². The summed E-state index contributed by atoms with van der Waals surface area (Å²) in [5.41, 5.74) is 12.0. The smallest absolute Gasteiger partial charge is 0.162 e. The van der Waals surface area contributed by atoms with Crippen LogP contribution in [0.2, 0.25) is 0 Å². The van der Waals surface area contributed by atoms with Crippen LogP contribution in [0.3, 0.4) is 0 Å². The molecule has 0 radical (unpaired) electrons. The number of aromatic nitrogens is 2. The zero-order valence-corrected chi connectivity index (χ0v) is 11.9. The van der Waals surface area contributed by atoms with Crippen molar-refractivity contribution < 1.29 is 4.74 Å². The maximum atomic E-state index is 6.02. The summed E-state index contributed by atoms with van der Waals surface area (Å²) < 4.78 is 6.02. The van der Waals surface area contributed by atoms with Gasteiger partial charge in [-0.25, -0.2) is 9.97 Å². The summed E-state index contributed by atoms with van der Waals surface area (Å²) in [7, 11) is 0. The van der Waals surface area contributed by atoms with E-state index in [1.807, 2.05) is 6.92 Å². The zero-order chi connectivity index (χ0) is 13.9. The van der Waals surface area contributed by atoms with E-state index in [4.69, 9.17) is 16.2 Å². The number of hydrogen-bond donors (Lipinski definition) is 2. The highest BCUT2D eigenvalue weighted by Gasteiger charge is 2.39. The first-order valence-electron chi connectivity index (χ1n) is 7.07. The van der Waals surface area contributed by atoms with Crippen LogP contribution in [0, 0.1) is 5.92 Å². The van der Waals surface area contributed by atoms with Crippen molar-refractivity contribution in [3.05, 3.63) is 17.6 Å². The molecule has 1 heterocycles. The minimum absolute atomic E-state index is 0.359. The van der Waals surface area contributed by atoms with E-state index < -0.39 is 0 Å². The van der Waals surface area contributed by atoms with Crippen LogP contribution in [-0.2, 0) is 16.9 Å². The summed E-state index contributed by atoms with van der Waals surface area (Å²) in [6, 6.07) is 0. The van der Waals surface area contributed by atoms with Crippen molar-refractivity contribution in [2.75, 3.05) is 12.3 Å². The third-order valence-corrected chi connectivity index (χ3v) is 4.03. The Morgan fingerprint density at radius 1 is 1.42 bits per heavy atom. The molecule has 1 aliphatic carbocycles. The van der Waals surface area contributed by atoms with Crippen molar-refractivity contribution in [3.8, 4) is 0 Å². The molecule has 1 aromatic heterocycles. The lowest BCUT2D eigenvalue weighted by molar-refractivity contribution is -0.0836. The largest absolute Gasteiger partial charge is 0.383 e. The van der Waals surface area contributed by atoms with Crippen LogP contribution in [0.4, 0.5) is 5.82 Å². The van der Waals surface area contributed by atoms with Crippen molar-refractivity contribution in [2.45, 2.75) is 51.7 Å². The average molecular weight is 264 g/mol. The van der Waals surface area contributed by atoms with E-state index in [9.17, 15) is 0 Å². The number of rotatable bonds is 4. The molecule has 0 saturated heterocycles. The minimum Gasteiger partial charge on any atom is -0.383 e. The first-order valence-corrected chi connectivity index (χ1v) is 7.07. The van der Waals surface area contributed by atoms with Gasteiger partial charge >= 0.3 is 0 Å². The van der Waals surface area contributed by atoms with Gasteiger partial charge in [0.1, 0.15) is 11.4 Å². The number of nitrogens with zero attached hydrogens (tertiary/aromatic N) is 2. The van der Waals surface area contributed by atoms with E-state index >= 15 is 0 Å². The predicted octanol–water partition coefficient (Wildman–Crippen LogP) is 1.96. The molecule has 1 saturated carbocycles. The fourth-order valence-electron chi connectivity index (χ4n) is 2.73. The summed E-state index contributed by atoms with van der Waals surface area (Å²) >= 11 is 0. The van der Waals surface area contributed by atoms with E-state index in [0.717, 1.165) is 43.0 Å². The molecule has 0 spiro atoms. The molecule has 0 unspecified atom stereocenters. The van der Waals surface area contributed by atoms with Crippen LogP contribution in [0.1, 0.15) is 50.9 Å². The molecule has 106 valence electrons. The third-order valence-electron chi connectivity index (χ3n) is 4.03. The Morgan fingerprint density at radius 3 is 2.63 bits per heavy atom. The lowest BCUT2D eigenvalue weighted by atomic mass is 9.79. The van der Waals surface area contributed by atoms with Gasteiger partial charge in [0.2, 0.25) is 0 Å². The molecule has 5 nitrogen and oxygen atoms in total. The molecule has 0 atom stereocenters. The minimum atomic E-state index is -0.359. The van der Waals surface area contributed by atoms with Crippen molar-refractivity contribution in [1.29, 1.82) is 0 Å². The second-order valence-corrected chi connectivity index (χ2v) is 5.42. The molecule has 1 fully saturated rings. The molecule has 1 aliphatic rings. The molecule has 2 rings (SSSR count). The van der Waals surface area contributed by atoms with Gasteiger partial charge in [-0.1, -0.05) is 6.92 Å². The summed E-state index contributed by atoms with van der Waals surface area (Å²) in [5, 5.41) is 0. The first-order chi connectivity index (χ1) is 9.11. The van der Waals surface area contributed by atoms with E-state index in [1.165, 1.54) is 0 Å². The highest BCUT2D eigenvalue weighted by molar-refractivity contribution is 5.38. The maximum absolute atomic E-state index is 6.02. The van der Waals surface area contributed by atoms with E-state index in [0.29, 0.717) is 19.0 Å². The quantitative estimate of drug-likeness (QED) is 0.868. The Morgan fingerprint density at radius 2 is 2.11 bits per heavy atom. The molecular formula is C14H24N4O. The number of anilines is 1. The van der Waals surface area contributed by atoms with Gasteiger partial charge in [-0.2, -0.15) is 0 Å². The highest BCUT2D eigenvalue weighted by Crippen LogP contribution is 2.41. The molecule has 0 aliphatic heterocycles. The Balaban J connectivity index is 2.31. The third kappa shape index (κ3) is 2.87. The molecule has 5 heteroatoms. The zero-order valence-electron chi connectivity index (χ0n) is 11.9. The topological polar surface area (TPSA) is 87.0 Å². The molecule has 4 N–H and O–H groups in total. The van der Waals surface area contributed by atoms with Crippen LogP contribution in [-0.4, -0.2) is 16.6 Å². The predicted molar refractivity (Wildman–Crippen MR) is 75.3 cm³/mol. The molecular weight excluding hydrogens is 240 g/mol. The Labute approximate surface area is 114 Å². The monoisotopic (exact) mass is 264 g/mol. The van der Waals surface area contributed by atoms with Gasteiger partial charge in [-0.05, 0) is 38.5 Å². The van der Waals surface area contributed by atoms with Crippen molar-refractivity contribution in [1.82, 2.24) is 9.97 Å². The van der Waals surface area contributed by atoms with Crippen LogP contribution in [0.15, 0.2) is 6.20 Å². The van der Waals surface area contributed by atoms with Crippen molar-refractivity contribution in [3.63, 3.8) is 0 Å². The Kier molecular flexibility index (Phi) is 4.37. The van der Waals surface area contributed by atoms with Crippen LogP contribution >= 0.6 is 0 Å². The maximum Gasteiger partial charge on any atom is 0.162 e. The van der Waals surface area contributed by atoms with Crippen LogP contribution < -0.4 is 11.5 Å². The van der Waals surface area contributed by atoms with E-state index in [1.54, 1.807) is 6.20 Å². The number of nitrogens with two attached hydrogens (primary N) is 2. The van der Waals surface area contributed by atoms with E-state index in [2.05, 4.69) is 16.9 Å².